The molecular weight excluding hydrogens is 847 g/mol. The molecule has 0 saturated carbocycles. The molecule has 1 aliphatic heterocycles. The normalized spacial score (nSPS) is 20.0. The number of nitrogens with one attached hydrogen (secondary N) is 1. The SMILES string of the molecule is CCC/C=C\C/C=C\CCCCCCCC(=O)OCCCCC/C=C\C/C=C\CCCCCCCCCC(=O)NC(COC1OC(CO)C(O)C(O)C1O)C(O)/C=C/CCCCCCCCC. The summed E-state index contributed by atoms with van der Waals surface area (Å²) in [6, 6.07) is -0.822. The number of esters is 1. The fraction of sp³-hybridized carbons (Fsp3) is 0.786. The van der Waals surface area contributed by atoms with E-state index in [1.807, 2.05) is 6.08 Å². The molecule has 388 valence electrons. The van der Waals surface area contributed by atoms with Crippen LogP contribution in [-0.4, -0.2) is 100 Å². The maximum atomic E-state index is 13.0. The Kier molecular flexibility index (Phi) is 42.6. The van der Waals surface area contributed by atoms with Crippen LogP contribution in [0.2, 0.25) is 0 Å². The van der Waals surface area contributed by atoms with E-state index in [9.17, 15) is 35.1 Å². The molecule has 11 heteroatoms. The summed E-state index contributed by atoms with van der Waals surface area (Å²) in [6.45, 7) is 4.16. The van der Waals surface area contributed by atoms with Gasteiger partial charge in [0.25, 0.3) is 0 Å². The Balaban J connectivity index is 2.12. The van der Waals surface area contributed by atoms with Gasteiger partial charge in [-0.3, -0.25) is 9.59 Å². The molecule has 1 fully saturated rings. The first kappa shape index (κ1) is 62.4. The third-order valence-electron chi connectivity index (χ3n) is 12.3. The van der Waals surface area contributed by atoms with Crippen molar-refractivity contribution in [3.8, 4) is 0 Å². The summed E-state index contributed by atoms with van der Waals surface area (Å²) in [7, 11) is 0. The van der Waals surface area contributed by atoms with Gasteiger partial charge in [0.1, 0.15) is 24.4 Å². The molecule has 0 spiro atoms. The van der Waals surface area contributed by atoms with Crippen LogP contribution in [0.5, 0.6) is 0 Å². The van der Waals surface area contributed by atoms with Crippen molar-refractivity contribution in [2.45, 2.75) is 262 Å². The summed E-state index contributed by atoms with van der Waals surface area (Å²) in [5.41, 5.74) is 0. The van der Waals surface area contributed by atoms with Gasteiger partial charge < -0.3 is 45.1 Å². The number of unbranched alkanes of at least 4 members (excludes halogenated alkanes) is 23. The van der Waals surface area contributed by atoms with E-state index in [-0.39, 0.29) is 18.5 Å². The number of hydrogen-bond acceptors (Lipinski definition) is 10. The molecule has 1 aliphatic rings. The largest absolute Gasteiger partial charge is 0.466 e. The van der Waals surface area contributed by atoms with Crippen molar-refractivity contribution >= 4 is 11.9 Å². The topological polar surface area (TPSA) is 175 Å². The van der Waals surface area contributed by atoms with Crippen molar-refractivity contribution in [1.29, 1.82) is 0 Å². The smallest absolute Gasteiger partial charge is 0.305 e. The van der Waals surface area contributed by atoms with E-state index in [0.29, 0.717) is 19.4 Å². The molecule has 1 rings (SSSR count). The first-order chi connectivity index (χ1) is 32.7. The third kappa shape index (κ3) is 36.0. The van der Waals surface area contributed by atoms with Gasteiger partial charge in [0, 0.05) is 12.8 Å². The van der Waals surface area contributed by atoms with E-state index in [0.717, 1.165) is 109 Å². The van der Waals surface area contributed by atoms with Crippen molar-refractivity contribution in [3.63, 3.8) is 0 Å². The van der Waals surface area contributed by atoms with E-state index in [1.54, 1.807) is 6.08 Å². The Morgan fingerprint density at radius 3 is 1.57 bits per heavy atom. The second-order valence-corrected chi connectivity index (χ2v) is 18.6. The lowest BCUT2D eigenvalue weighted by atomic mass is 9.99. The predicted molar refractivity (Wildman–Crippen MR) is 273 cm³/mol. The summed E-state index contributed by atoms with van der Waals surface area (Å²) in [5, 5.41) is 54.1. The van der Waals surface area contributed by atoms with Gasteiger partial charge in [0.05, 0.1) is 32.0 Å². The number of allylic oxidation sites excluding steroid dienone is 9. The second-order valence-electron chi connectivity index (χ2n) is 18.6. The van der Waals surface area contributed by atoms with Crippen LogP contribution in [0.1, 0.15) is 219 Å². The Morgan fingerprint density at radius 2 is 1.03 bits per heavy atom. The van der Waals surface area contributed by atoms with Gasteiger partial charge in [-0.15, -0.1) is 0 Å². The minimum atomic E-state index is -1.58. The van der Waals surface area contributed by atoms with Crippen LogP contribution < -0.4 is 5.32 Å². The number of hydrogen-bond donors (Lipinski definition) is 6. The molecule has 67 heavy (non-hydrogen) atoms. The molecule has 7 atom stereocenters. The first-order valence-electron chi connectivity index (χ1n) is 27.1. The van der Waals surface area contributed by atoms with E-state index in [4.69, 9.17) is 14.2 Å². The highest BCUT2D eigenvalue weighted by atomic mass is 16.7. The summed E-state index contributed by atoms with van der Waals surface area (Å²) in [6.07, 6.45) is 47.4. The molecule has 11 nitrogen and oxygen atoms in total. The van der Waals surface area contributed by atoms with E-state index in [1.165, 1.54) is 83.5 Å². The highest BCUT2D eigenvalue weighted by Gasteiger charge is 2.44. The highest BCUT2D eigenvalue weighted by Crippen LogP contribution is 2.23. The van der Waals surface area contributed by atoms with Crippen LogP contribution in [0.3, 0.4) is 0 Å². The lowest BCUT2D eigenvalue weighted by molar-refractivity contribution is -0.302. The Hall–Kier alpha value is -2.64. The van der Waals surface area contributed by atoms with Crippen LogP contribution in [0, 0.1) is 0 Å². The van der Waals surface area contributed by atoms with Gasteiger partial charge >= 0.3 is 5.97 Å². The van der Waals surface area contributed by atoms with E-state index in [2.05, 4.69) is 67.8 Å². The Morgan fingerprint density at radius 1 is 0.552 bits per heavy atom. The van der Waals surface area contributed by atoms with Crippen LogP contribution in [0.25, 0.3) is 0 Å². The number of ether oxygens (including phenoxy) is 3. The monoisotopic (exact) mass is 946 g/mol. The maximum absolute atomic E-state index is 13.0. The van der Waals surface area contributed by atoms with Crippen LogP contribution >= 0.6 is 0 Å². The molecule has 0 bridgehead atoms. The zero-order chi connectivity index (χ0) is 48.8. The number of aliphatic hydroxyl groups excluding tert-OH is 5. The van der Waals surface area contributed by atoms with Crippen LogP contribution in [-0.2, 0) is 23.8 Å². The average molecular weight is 946 g/mol. The molecule has 0 aromatic carbocycles. The molecule has 7 unspecified atom stereocenters. The third-order valence-corrected chi connectivity index (χ3v) is 12.3. The minimum Gasteiger partial charge on any atom is -0.466 e. The Labute approximate surface area is 408 Å². The average Bonchev–Trinajstić information content (AvgIpc) is 3.32. The fourth-order valence-electron chi connectivity index (χ4n) is 7.97. The maximum Gasteiger partial charge on any atom is 0.305 e. The molecule has 1 saturated heterocycles. The molecule has 6 N–H and O–H groups in total. The minimum absolute atomic E-state index is 0.0490. The van der Waals surface area contributed by atoms with E-state index < -0.39 is 49.5 Å². The van der Waals surface area contributed by atoms with Gasteiger partial charge in [-0.2, -0.15) is 0 Å². The highest BCUT2D eigenvalue weighted by molar-refractivity contribution is 5.76. The van der Waals surface area contributed by atoms with Crippen molar-refractivity contribution in [2.24, 2.45) is 0 Å². The lowest BCUT2D eigenvalue weighted by Gasteiger charge is -2.40. The second kappa shape index (κ2) is 45.8. The van der Waals surface area contributed by atoms with Gasteiger partial charge in [-0.05, 0) is 96.3 Å². The fourth-order valence-corrected chi connectivity index (χ4v) is 7.97. The molecule has 0 aromatic rings. The number of carbonyl (C=O) groups excluding carboxylic acids is 2. The van der Waals surface area contributed by atoms with Crippen LogP contribution in [0.4, 0.5) is 0 Å². The number of carbonyl (C=O) groups is 2. The van der Waals surface area contributed by atoms with Gasteiger partial charge in [-0.1, -0.05) is 171 Å². The summed E-state index contributed by atoms with van der Waals surface area (Å²) in [4.78, 5) is 25.0. The molecule has 0 radical (unpaired) electrons. The van der Waals surface area contributed by atoms with Crippen molar-refractivity contribution in [2.75, 3.05) is 19.8 Å². The number of rotatable bonds is 45. The molecule has 1 heterocycles. The molecular formula is C56H99NO10. The lowest BCUT2D eigenvalue weighted by Crippen LogP contribution is -2.60. The first-order valence-corrected chi connectivity index (χ1v) is 27.1. The summed E-state index contributed by atoms with van der Waals surface area (Å²) >= 11 is 0. The van der Waals surface area contributed by atoms with Gasteiger partial charge in [-0.25, -0.2) is 0 Å². The summed E-state index contributed by atoms with van der Waals surface area (Å²) in [5.74, 6) is -0.252. The van der Waals surface area contributed by atoms with Crippen molar-refractivity contribution in [3.05, 3.63) is 60.8 Å². The summed E-state index contributed by atoms with van der Waals surface area (Å²) < 4.78 is 16.6. The Bertz CT molecular complexity index is 1300. The standard InChI is InChI=1S/C56H99NO10/c1-3-5-7-9-11-13-14-20-24-28-32-36-40-44-52(61)65-45-41-37-33-29-25-22-19-17-15-16-18-21-23-27-31-35-39-43-51(60)57-48(49(59)42-38-34-30-26-12-10-8-6-4-2)47-66-56-55(64)54(63)53(62)50(46-58)67-56/h7,9,13-15,17,22,25,38,42,48-50,53-56,58-59,62-64H,3-6,8,10-12,16,18-21,23-24,26-37,39-41,43-47H2,1-2H3,(H,57,60)/b9-7-,14-13-,17-15-,25-22-,42-38+. The molecule has 0 aliphatic carbocycles. The quantitative estimate of drug-likeness (QED) is 0.0196. The van der Waals surface area contributed by atoms with Crippen molar-refractivity contribution in [1.82, 2.24) is 5.32 Å². The number of amides is 1. The molecule has 0 aromatic heterocycles. The zero-order valence-corrected chi connectivity index (χ0v) is 42.3. The predicted octanol–water partition coefficient (Wildman–Crippen LogP) is 11.5. The number of aliphatic hydroxyl groups is 5. The van der Waals surface area contributed by atoms with Gasteiger partial charge in [0.2, 0.25) is 5.91 Å². The molecule has 1 amide bonds. The zero-order valence-electron chi connectivity index (χ0n) is 42.3. The van der Waals surface area contributed by atoms with Crippen molar-refractivity contribution < 1.29 is 49.3 Å². The van der Waals surface area contributed by atoms with E-state index >= 15 is 0 Å². The van der Waals surface area contributed by atoms with Gasteiger partial charge in [0.15, 0.2) is 6.29 Å². The van der Waals surface area contributed by atoms with Crippen LogP contribution in [0.15, 0.2) is 60.8 Å².